The van der Waals surface area contributed by atoms with E-state index in [-0.39, 0.29) is 24.1 Å². The lowest BCUT2D eigenvalue weighted by Crippen LogP contribution is -2.47. The maximum Gasteiger partial charge on any atom is 0.410 e. The highest BCUT2D eigenvalue weighted by Crippen LogP contribution is 2.32. The van der Waals surface area contributed by atoms with E-state index in [0.717, 1.165) is 17.9 Å². The van der Waals surface area contributed by atoms with Gasteiger partial charge in [-0.1, -0.05) is 30.3 Å². The molecule has 0 bridgehead atoms. The Labute approximate surface area is 189 Å². The molecule has 0 spiro atoms. The van der Waals surface area contributed by atoms with E-state index in [9.17, 15) is 9.59 Å². The van der Waals surface area contributed by atoms with Crippen molar-refractivity contribution in [2.45, 2.75) is 71.4 Å². The van der Waals surface area contributed by atoms with E-state index in [2.05, 4.69) is 29.2 Å². The van der Waals surface area contributed by atoms with Crippen molar-refractivity contribution in [2.24, 2.45) is 0 Å². The van der Waals surface area contributed by atoms with E-state index in [1.54, 1.807) is 11.1 Å². The van der Waals surface area contributed by atoms with Crippen molar-refractivity contribution in [3.63, 3.8) is 0 Å². The Morgan fingerprint density at radius 1 is 1.22 bits per heavy atom. The summed E-state index contributed by atoms with van der Waals surface area (Å²) in [6.07, 6.45) is 1.90. The summed E-state index contributed by atoms with van der Waals surface area (Å²) >= 11 is 0. The van der Waals surface area contributed by atoms with E-state index < -0.39 is 5.60 Å². The average Bonchev–Trinajstić information content (AvgIpc) is 3.29. The predicted molar refractivity (Wildman–Crippen MR) is 122 cm³/mol. The Morgan fingerprint density at radius 3 is 2.62 bits per heavy atom. The zero-order chi connectivity index (χ0) is 23.0. The number of amides is 2. The molecule has 0 radical (unpaired) electrons. The zero-order valence-electron chi connectivity index (χ0n) is 19.6. The third-order valence-corrected chi connectivity index (χ3v) is 6.14. The van der Waals surface area contributed by atoms with Crippen LogP contribution in [0.1, 0.15) is 45.4 Å². The van der Waals surface area contributed by atoms with Crippen LogP contribution < -0.4 is 4.90 Å². The van der Waals surface area contributed by atoms with Gasteiger partial charge in [-0.2, -0.15) is 5.10 Å². The van der Waals surface area contributed by atoms with Crippen LogP contribution in [-0.2, 0) is 29.2 Å². The number of fused-ring (bicyclic) bond motifs is 1. The summed E-state index contributed by atoms with van der Waals surface area (Å²) in [7, 11) is 2.06. The molecule has 0 N–H and O–H groups in total. The molecule has 32 heavy (non-hydrogen) atoms. The maximum absolute atomic E-state index is 13.0. The number of nitrogens with zero attached hydrogens (tertiary/aromatic N) is 5. The fraction of sp³-hybridized carbons (Fsp3) is 0.542. The molecule has 3 heterocycles. The van der Waals surface area contributed by atoms with Gasteiger partial charge in [0.1, 0.15) is 5.60 Å². The van der Waals surface area contributed by atoms with Crippen LogP contribution in [0.25, 0.3) is 0 Å². The normalized spacial score (nSPS) is 21.2. The maximum atomic E-state index is 13.0. The van der Waals surface area contributed by atoms with Crippen molar-refractivity contribution in [1.29, 1.82) is 0 Å². The van der Waals surface area contributed by atoms with Crippen LogP contribution in [-0.4, -0.2) is 62.9 Å². The first-order valence-corrected chi connectivity index (χ1v) is 11.2. The number of hydrogen-bond donors (Lipinski definition) is 0. The van der Waals surface area contributed by atoms with Crippen LogP contribution >= 0.6 is 0 Å². The van der Waals surface area contributed by atoms with Gasteiger partial charge < -0.3 is 9.64 Å². The highest BCUT2D eigenvalue weighted by Gasteiger charge is 2.38. The average molecular weight is 440 g/mol. The van der Waals surface area contributed by atoms with Crippen molar-refractivity contribution in [1.82, 2.24) is 19.6 Å². The number of rotatable bonds is 4. The Morgan fingerprint density at radius 2 is 1.94 bits per heavy atom. The molecular weight excluding hydrogens is 406 g/mol. The molecule has 8 nitrogen and oxygen atoms in total. The lowest BCUT2D eigenvalue weighted by Gasteiger charge is -2.36. The predicted octanol–water partition coefficient (Wildman–Crippen LogP) is 3.26. The molecule has 1 fully saturated rings. The lowest BCUT2D eigenvalue weighted by molar-refractivity contribution is -0.117. The van der Waals surface area contributed by atoms with Crippen molar-refractivity contribution in [3.8, 4) is 0 Å². The number of likely N-dealkylation sites (N-methyl/N-ethyl adjacent to an activating group) is 1. The second kappa shape index (κ2) is 8.58. The smallest absolute Gasteiger partial charge is 0.410 e. The summed E-state index contributed by atoms with van der Waals surface area (Å²) in [5.41, 5.74) is 2.35. The van der Waals surface area contributed by atoms with E-state index in [1.165, 1.54) is 5.56 Å². The number of anilines is 1. The molecule has 1 saturated heterocycles. The number of carbonyl (C=O) groups is 2. The first kappa shape index (κ1) is 22.3. The standard InChI is InChI=1S/C24H33N5O3/c1-17-13-29-21(16-27(17)23(31)32-24(2,3)4)20(12-25-29)28-15-19(11-22(28)30)26(5)14-18-9-7-6-8-10-18/h6-10,12,17,19H,11,13-16H2,1-5H3/t17-,19?/m0/s1. The van der Waals surface area contributed by atoms with Crippen molar-refractivity contribution in [2.75, 3.05) is 18.5 Å². The lowest BCUT2D eigenvalue weighted by atomic mass is 10.1. The Bertz CT molecular complexity index is 981. The second-order valence-corrected chi connectivity index (χ2v) is 9.88. The number of hydrogen-bond acceptors (Lipinski definition) is 5. The van der Waals surface area contributed by atoms with Crippen LogP contribution in [0.15, 0.2) is 36.5 Å². The van der Waals surface area contributed by atoms with E-state index in [1.807, 2.05) is 55.5 Å². The number of carbonyl (C=O) groups excluding carboxylic acids is 2. The number of benzene rings is 1. The van der Waals surface area contributed by atoms with Crippen LogP contribution in [0.5, 0.6) is 0 Å². The fourth-order valence-corrected chi connectivity index (χ4v) is 4.39. The molecule has 1 aromatic carbocycles. The quantitative estimate of drug-likeness (QED) is 0.731. The van der Waals surface area contributed by atoms with E-state index in [4.69, 9.17) is 4.74 Å². The van der Waals surface area contributed by atoms with Gasteiger partial charge in [0.05, 0.1) is 36.7 Å². The van der Waals surface area contributed by atoms with Crippen LogP contribution in [0, 0.1) is 0 Å². The number of aromatic nitrogens is 2. The van der Waals surface area contributed by atoms with E-state index in [0.29, 0.717) is 26.1 Å². The minimum atomic E-state index is -0.557. The molecule has 2 atom stereocenters. The molecule has 1 aromatic heterocycles. The van der Waals surface area contributed by atoms with Gasteiger partial charge in [0.15, 0.2) is 0 Å². The summed E-state index contributed by atoms with van der Waals surface area (Å²) in [5.74, 6) is 0.0909. The third kappa shape index (κ3) is 4.65. The molecule has 4 rings (SSSR count). The van der Waals surface area contributed by atoms with Gasteiger partial charge in [-0.25, -0.2) is 4.79 Å². The Balaban J connectivity index is 1.49. The largest absolute Gasteiger partial charge is 0.444 e. The summed E-state index contributed by atoms with van der Waals surface area (Å²) in [6, 6.07) is 10.4. The minimum absolute atomic E-state index is 0.0378. The van der Waals surface area contributed by atoms with Crippen molar-refractivity contribution >= 4 is 17.7 Å². The van der Waals surface area contributed by atoms with Gasteiger partial charge >= 0.3 is 6.09 Å². The summed E-state index contributed by atoms with van der Waals surface area (Å²) in [6.45, 7) is 9.95. The first-order chi connectivity index (χ1) is 15.1. The first-order valence-electron chi connectivity index (χ1n) is 11.2. The van der Waals surface area contributed by atoms with Gasteiger partial charge in [0.2, 0.25) is 5.91 Å². The molecule has 2 aliphatic heterocycles. The monoisotopic (exact) mass is 439 g/mol. The van der Waals surface area contributed by atoms with Gasteiger partial charge in [0.25, 0.3) is 0 Å². The summed E-state index contributed by atoms with van der Waals surface area (Å²) in [5, 5.41) is 4.52. The zero-order valence-corrected chi connectivity index (χ0v) is 19.6. The molecule has 2 aromatic rings. The van der Waals surface area contributed by atoms with Crippen molar-refractivity contribution < 1.29 is 14.3 Å². The molecule has 2 aliphatic rings. The number of ether oxygens (including phenoxy) is 1. The van der Waals surface area contributed by atoms with Crippen LogP contribution in [0.2, 0.25) is 0 Å². The fourth-order valence-electron chi connectivity index (χ4n) is 4.39. The molecule has 1 unspecified atom stereocenters. The van der Waals surface area contributed by atoms with Crippen LogP contribution in [0.3, 0.4) is 0 Å². The molecule has 0 saturated carbocycles. The molecular formula is C24H33N5O3. The van der Waals surface area contributed by atoms with E-state index >= 15 is 0 Å². The molecule has 172 valence electrons. The topological polar surface area (TPSA) is 70.9 Å². The molecule has 0 aliphatic carbocycles. The molecule has 2 amide bonds. The van der Waals surface area contributed by atoms with Gasteiger partial charge in [-0.05, 0) is 40.3 Å². The SMILES string of the molecule is C[C@H]1Cn2ncc(N3CC(N(C)Cc4ccccc4)CC3=O)c2CN1C(=O)OC(C)(C)C. The molecule has 8 heteroatoms. The van der Waals surface area contributed by atoms with Gasteiger partial charge in [-0.3, -0.25) is 19.3 Å². The van der Waals surface area contributed by atoms with Gasteiger partial charge in [0, 0.05) is 25.6 Å². The Hall–Kier alpha value is -2.87. The highest BCUT2D eigenvalue weighted by molar-refractivity contribution is 5.96. The summed E-state index contributed by atoms with van der Waals surface area (Å²) < 4.78 is 7.51. The highest BCUT2D eigenvalue weighted by atomic mass is 16.6. The summed E-state index contributed by atoms with van der Waals surface area (Å²) in [4.78, 5) is 31.5. The van der Waals surface area contributed by atoms with Crippen molar-refractivity contribution in [3.05, 3.63) is 47.8 Å². The van der Waals surface area contributed by atoms with Gasteiger partial charge in [-0.15, -0.1) is 0 Å². The Kier molecular flexibility index (Phi) is 5.99. The third-order valence-electron chi connectivity index (χ3n) is 6.14. The van der Waals surface area contributed by atoms with Crippen LogP contribution in [0.4, 0.5) is 10.5 Å². The second-order valence-electron chi connectivity index (χ2n) is 9.88. The minimum Gasteiger partial charge on any atom is -0.444 e.